The molecule has 0 radical (unpaired) electrons. The molecule has 2 amide bonds. The lowest BCUT2D eigenvalue weighted by atomic mass is 9.99. The predicted molar refractivity (Wildman–Crippen MR) is 94.9 cm³/mol. The number of amides is 2. The Morgan fingerprint density at radius 2 is 1.92 bits per heavy atom. The number of carbonyl (C=O) groups is 2. The first-order valence-electron chi connectivity index (χ1n) is 9.07. The summed E-state index contributed by atoms with van der Waals surface area (Å²) in [4.78, 5) is 24.2. The van der Waals surface area contributed by atoms with Gasteiger partial charge in [0.1, 0.15) is 5.82 Å². The van der Waals surface area contributed by atoms with Crippen molar-refractivity contribution in [3.05, 3.63) is 29.6 Å². The van der Waals surface area contributed by atoms with E-state index in [1.807, 2.05) is 13.8 Å². The van der Waals surface area contributed by atoms with E-state index in [0.29, 0.717) is 18.5 Å². The summed E-state index contributed by atoms with van der Waals surface area (Å²) >= 11 is 0. The van der Waals surface area contributed by atoms with Crippen molar-refractivity contribution in [1.29, 1.82) is 0 Å². The molecule has 2 saturated heterocycles. The molecule has 6 heteroatoms. The van der Waals surface area contributed by atoms with Gasteiger partial charge in [0.15, 0.2) is 0 Å². The van der Waals surface area contributed by atoms with Crippen LogP contribution in [0, 0.1) is 11.7 Å². The first-order chi connectivity index (χ1) is 11.9. The zero-order chi connectivity index (χ0) is 18.0. The fourth-order valence-corrected chi connectivity index (χ4v) is 3.77. The molecule has 2 bridgehead atoms. The smallest absolute Gasteiger partial charge is 0.251 e. The Morgan fingerprint density at radius 3 is 2.52 bits per heavy atom. The van der Waals surface area contributed by atoms with Crippen molar-refractivity contribution in [2.75, 3.05) is 5.32 Å². The average Bonchev–Trinajstić information content (AvgIpc) is 2.87. The largest absolute Gasteiger partial charge is 0.349 e. The average molecular weight is 347 g/mol. The van der Waals surface area contributed by atoms with Crippen molar-refractivity contribution in [3.8, 4) is 0 Å². The van der Waals surface area contributed by atoms with Crippen molar-refractivity contribution in [1.82, 2.24) is 10.6 Å². The van der Waals surface area contributed by atoms with Crippen LogP contribution in [0.2, 0.25) is 0 Å². The van der Waals surface area contributed by atoms with E-state index in [1.54, 1.807) is 6.07 Å². The lowest BCUT2D eigenvalue weighted by Crippen LogP contribution is -2.48. The van der Waals surface area contributed by atoms with Crippen LogP contribution in [0.1, 0.15) is 56.3 Å². The topological polar surface area (TPSA) is 70.2 Å². The van der Waals surface area contributed by atoms with E-state index in [0.717, 1.165) is 25.7 Å². The molecule has 0 spiro atoms. The molecule has 0 aliphatic carbocycles. The summed E-state index contributed by atoms with van der Waals surface area (Å²) in [6.07, 6.45) is 4.51. The van der Waals surface area contributed by atoms with Gasteiger partial charge in [-0.25, -0.2) is 4.39 Å². The molecule has 136 valence electrons. The first kappa shape index (κ1) is 17.9. The monoisotopic (exact) mass is 347 g/mol. The van der Waals surface area contributed by atoms with Gasteiger partial charge in [-0.2, -0.15) is 0 Å². The standard InChI is InChI=1S/C19H26FN3O2/c1-11(2)7-18(24)23-17-6-3-12(8-16(17)20)19(25)22-15-9-13-4-5-14(10-15)21-13/h3,6,8,11,13-15,21H,4-5,7,9-10H2,1-2H3,(H,22,25)(H,23,24). The van der Waals surface area contributed by atoms with Crippen molar-refractivity contribution < 1.29 is 14.0 Å². The quantitative estimate of drug-likeness (QED) is 0.767. The van der Waals surface area contributed by atoms with E-state index in [1.165, 1.54) is 12.1 Å². The maximum atomic E-state index is 14.2. The maximum absolute atomic E-state index is 14.2. The van der Waals surface area contributed by atoms with Crippen LogP contribution in [0.15, 0.2) is 18.2 Å². The third kappa shape index (κ3) is 4.57. The third-order valence-corrected chi connectivity index (χ3v) is 4.91. The van der Waals surface area contributed by atoms with Crippen molar-refractivity contribution in [2.24, 2.45) is 5.92 Å². The summed E-state index contributed by atoms with van der Waals surface area (Å²) in [5, 5.41) is 9.10. The van der Waals surface area contributed by atoms with Crippen LogP contribution in [-0.4, -0.2) is 29.9 Å². The highest BCUT2D eigenvalue weighted by Crippen LogP contribution is 2.27. The minimum Gasteiger partial charge on any atom is -0.349 e. The van der Waals surface area contributed by atoms with Gasteiger partial charge in [-0.3, -0.25) is 9.59 Å². The van der Waals surface area contributed by atoms with Crippen molar-refractivity contribution in [2.45, 2.75) is 64.1 Å². The van der Waals surface area contributed by atoms with E-state index >= 15 is 0 Å². The molecule has 0 aromatic heterocycles. The van der Waals surface area contributed by atoms with Crippen LogP contribution >= 0.6 is 0 Å². The molecule has 3 N–H and O–H groups in total. The number of halogens is 1. The number of rotatable bonds is 5. The molecule has 1 aromatic rings. The second-order valence-corrected chi connectivity index (χ2v) is 7.62. The zero-order valence-electron chi connectivity index (χ0n) is 14.8. The maximum Gasteiger partial charge on any atom is 0.251 e. The Kier molecular flexibility index (Phi) is 5.37. The summed E-state index contributed by atoms with van der Waals surface area (Å²) in [7, 11) is 0. The van der Waals surface area contributed by atoms with Gasteiger partial charge in [0, 0.05) is 30.1 Å². The van der Waals surface area contributed by atoms with Gasteiger partial charge in [0.05, 0.1) is 5.69 Å². The molecular weight excluding hydrogens is 321 g/mol. The van der Waals surface area contributed by atoms with Gasteiger partial charge < -0.3 is 16.0 Å². The van der Waals surface area contributed by atoms with Gasteiger partial charge in [0.2, 0.25) is 5.91 Å². The van der Waals surface area contributed by atoms with E-state index in [2.05, 4.69) is 16.0 Å². The molecule has 2 aliphatic rings. The zero-order valence-corrected chi connectivity index (χ0v) is 14.8. The summed E-state index contributed by atoms with van der Waals surface area (Å²) in [6, 6.07) is 5.31. The van der Waals surface area contributed by atoms with E-state index in [4.69, 9.17) is 0 Å². The Bertz CT molecular complexity index is 650. The molecule has 2 fully saturated rings. The minimum atomic E-state index is -0.588. The molecule has 25 heavy (non-hydrogen) atoms. The number of hydrogen-bond donors (Lipinski definition) is 3. The Morgan fingerprint density at radius 1 is 1.24 bits per heavy atom. The molecule has 0 saturated carbocycles. The molecular formula is C19H26FN3O2. The van der Waals surface area contributed by atoms with Gasteiger partial charge in [-0.15, -0.1) is 0 Å². The van der Waals surface area contributed by atoms with Gasteiger partial charge in [0.25, 0.3) is 5.91 Å². The van der Waals surface area contributed by atoms with Crippen LogP contribution in [0.25, 0.3) is 0 Å². The summed E-state index contributed by atoms with van der Waals surface area (Å²) in [5.74, 6) is -0.870. The highest BCUT2D eigenvalue weighted by Gasteiger charge is 2.34. The van der Waals surface area contributed by atoms with Crippen LogP contribution in [0.5, 0.6) is 0 Å². The lowest BCUT2D eigenvalue weighted by Gasteiger charge is -2.29. The number of benzene rings is 1. The van der Waals surface area contributed by atoms with Crippen molar-refractivity contribution >= 4 is 17.5 Å². The lowest BCUT2D eigenvalue weighted by molar-refractivity contribution is -0.116. The number of nitrogens with one attached hydrogen (secondary N) is 3. The fraction of sp³-hybridized carbons (Fsp3) is 0.579. The second kappa shape index (κ2) is 7.52. The highest BCUT2D eigenvalue weighted by atomic mass is 19.1. The molecule has 2 atom stereocenters. The third-order valence-electron chi connectivity index (χ3n) is 4.91. The molecule has 2 unspecified atom stereocenters. The normalized spacial score (nSPS) is 25.0. The van der Waals surface area contributed by atoms with Crippen LogP contribution in [0.3, 0.4) is 0 Å². The van der Waals surface area contributed by atoms with Gasteiger partial charge in [-0.05, 0) is 49.8 Å². The summed E-state index contributed by atoms with van der Waals surface area (Å²) in [6.45, 7) is 3.85. The van der Waals surface area contributed by atoms with Gasteiger partial charge in [-0.1, -0.05) is 13.8 Å². The number of hydrogen-bond acceptors (Lipinski definition) is 3. The molecule has 1 aromatic carbocycles. The summed E-state index contributed by atoms with van der Waals surface area (Å²) < 4.78 is 14.2. The molecule has 2 heterocycles. The number of carbonyl (C=O) groups excluding carboxylic acids is 2. The van der Waals surface area contributed by atoms with Crippen LogP contribution in [-0.2, 0) is 4.79 Å². The number of piperidine rings is 1. The Hall–Kier alpha value is -1.95. The second-order valence-electron chi connectivity index (χ2n) is 7.62. The highest BCUT2D eigenvalue weighted by molar-refractivity contribution is 5.96. The Balaban J connectivity index is 1.59. The van der Waals surface area contributed by atoms with E-state index < -0.39 is 5.82 Å². The minimum absolute atomic E-state index is 0.113. The number of fused-ring (bicyclic) bond motifs is 2. The van der Waals surface area contributed by atoms with Crippen molar-refractivity contribution in [3.63, 3.8) is 0 Å². The molecule has 5 nitrogen and oxygen atoms in total. The first-order valence-corrected chi connectivity index (χ1v) is 9.07. The predicted octanol–water partition coefficient (Wildman–Crippen LogP) is 2.82. The fourth-order valence-electron chi connectivity index (χ4n) is 3.77. The number of anilines is 1. The Labute approximate surface area is 147 Å². The molecule has 3 rings (SSSR count). The van der Waals surface area contributed by atoms with Crippen LogP contribution in [0.4, 0.5) is 10.1 Å². The summed E-state index contributed by atoms with van der Waals surface area (Å²) in [5.41, 5.74) is 0.396. The van der Waals surface area contributed by atoms with E-state index in [-0.39, 0.29) is 35.0 Å². The SMILES string of the molecule is CC(C)CC(=O)Nc1ccc(C(=O)NC2CC3CCC(C2)N3)cc1F. The van der Waals surface area contributed by atoms with Crippen LogP contribution < -0.4 is 16.0 Å². The van der Waals surface area contributed by atoms with Gasteiger partial charge >= 0.3 is 0 Å². The molecule has 2 aliphatic heterocycles. The van der Waals surface area contributed by atoms with E-state index in [9.17, 15) is 14.0 Å².